The van der Waals surface area contributed by atoms with E-state index < -0.39 is 0 Å². The van der Waals surface area contributed by atoms with Crippen molar-refractivity contribution in [2.24, 2.45) is 0 Å². The van der Waals surface area contributed by atoms with E-state index >= 15 is 0 Å². The molecule has 1 aromatic heterocycles. The van der Waals surface area contributed by atoms with E-state index in [0.717, 1.165) is 87.3 Å². The highest BCUT2D eigenvalue weighted by atomic mass is 35.5. The van der Waals surface area contributed by atoms with Gasteiger partial charge < -0.3 is 24.4 Å². The SMILES string of the molecule is CO[C@H]1COCC[C@H]1NC1CCN(C(=O)c2ncnc(CC[C@H]3CCC[C@@H](c4ccc(Cl)cc4)O3)c2C)CC1. The fraction of sp³-hybridized carbons (Fsp3) is 0.633. The molecule has 0 bridgehead atoms. The summed E-state index contributed by atoms with van der Waals surface area (Å²) in [7, 11) is 1.74. The minimum atomic E-state index is 0.00662. The van der Waals surface area contributed by atoms with Gasteiger partial charge in [0.15, 0.2) is 0 Å². The highest BCUT2D eigenvalue weighted by Crippen LogP contribution is 2.33. The number of aromatic nitrogens is 2. The van der Waals surface area contributed by atoms with E-state index in [-0.39, 0.29) is 24.2 Å². The van der Waals surface area contributed by atoms with Gasteiger partial charge in [0, 0.05) is 55.2 Å². The summed E-state index contributed by atoms with van der Waals surface area (Å²) in [6.07, 6.45) is 9.55. The van der Waals surface area contributed by atoms with Crippen LogP contribution in [0.5, 0.6) is 0 Å². The molecule has 3 aliphatic rings. The predicted octanol–water partition coefficient (Wildman–Crippen LogP) is 4.68. The highest BCUT2D eigenvalue weighted by Gasteiger charge is 2.31. The molecule has 2 aromatic rings. The first kappa shape index (κ1) is 28.4. The Morgan fingerprint density at radius 1 is 1.13 bits per heavy atom. The van der Waals surface area contributed by atoms with Crippen LogP contribution < -0.4 is 5.32 Å². The van der Waals surface area contributed by atoms with Crippen molar-refractivity contribution in [2.75, 3.05) is 33.4 Å². The Bertz CT molecular complexity index is 1090. The third kappa shape index (κ3) is 7.16. The molecule has 0 aliphatic carbocycles. The van der Waals surface area contributed by atoms with Gasteiger partial charge in [-0.25, -0.2) is 9.97 Å². The average molecular weight is 557 g/mol. The molecule has 0 radical (unpaired) electrons. The van der Waals surface area contributed by atoms with Crippen molar-refractivity contribution in [1.82, 2.24) is 20.2 Å². The number of carbonyl (C=O) groups is 1. The molecule has 3 fully saturated rings. The minimum absolute atomic E-state index is 0.00662. The van der Waals surface area contributed by atoms with Crippen LogP contribution >= 0.6 is 11.6 Å². The molecule has 0 spiro atoms. The van der Waals surface area contributed by atoms with E-state index in [4.69, 9.17) is 25.8 Å². The summed E-state index contributed by atoms with van der Waals surface area (Å²) < 4.78 is 17.6. The third-order valence-electron chi connectivity index (χ3n) is 8.52. The van der Waals surface area contributed by atoms with Crippen LogP contribution in [0.1, 0.15) is 78.4 Å². The van der Waals surface area contributed by atoms with E-state index in [0.29, 0.717) is 24.4 Å². The molecule has 1 N–H and O–H groups in total. The standard InChI is InChI=1S/C30H41ClN4O4/c1-20-25(11-10-24-4-3-5-27(39-24)21-6-8-22(31)9-7-21)32-19-33-29(20)30(36)35-15-12-23(13-16-35)34-26-14-17-38-18-28(26)37-2/h6-9,19,23-24,26-28,34H,3-5,10-18H2,1-2H3/t24-,26-,27+,28+/m1/s1. The summed E-state index contributed by atoms with van der Waals surface area (Å²) in [5, 5.41) is 4.50. The second-order valence-electron chi connectivity index (χ2n) is 11.0. The zero-order chi connectivity index (χ0) is 27.2. The number of hydrogen-bond acceptors (Lipinski definition) is 7. The number of carbonyl (C=O) groups excluding carboxylic acids is 1. The fourth-order valence-electron chi connectivity index (χ4n) is 6.12. The Balaban J connectivity index is 1.13. The number of methoxy groups -OCH3 is 1. The van der Waals surface area contributed by atoms with E-state index in [1.807, 2.05) is 24.0 Å². The van der Waals surface area contributed by atoms with Gasteiger partial charge in [-0.15, -0.1) is 0 Å². The lowest BCUT2D eigenvalue weighted by Gasteiger charge is -2.38. The first-order valence-electron chi connectivity index (χ1n) is 14.4. The molecule has 212 valence electrons. The van der Waals surface area contributed by atoms with Crippen LogP contribution in [-0.4, -0.2) is 78.5 Å². The number of ether oxygens (including phenoxy) is 3. The molecule has 1 amide bonds. The van der Waals surface area contributed by atoms with Crippen LogP contribution in [0.25, 0.3) is 0 Å². The van der Waals surface area contributed by atoms with Crippen LogP contribution in [0.2, 0.25) is 5.02 Å². The normalized spacial score (nSPS) is 26.5. The van der Waals surface area contributed by atoms with Crippen LogP contribution in [-0.2, 0) is 20.6 Å². The number of aryl methyl sites for hydroxylation is 1. The van der Waals surface area contributed by atoms with Gasteiger partial charge in [0.2, 0.25) is 0 Å². The quantitative estimate of drug-likeness (QED) is 0.505. The number of rotatable bonds is 8. The molecule has 3 aliphatic heterocycles. The molecule has 39 heavy (non-hydrogen) atoms. The van der Waals surface area contributed by atoms with Gasteiger partial charge in [0.1, 0.15) is 12.0 Å². The molecule has 5 rings (SSSR count). The van der Waals surface area contributed by atoms with Crippen molar-refractivity contribution < 1.29 is 19.0 Å². The van der Waals surface area contributed by atoms with Crippen molar-refractivity contribution in [1.29, 1.82) is 0 Å². The molecule has 0 saturated carbocycles. The number of hydrogen-bond donors (Lipinski definition) is 1. The molecule has 9 heteroatoms. The molecule has 3 saturated heterocycles. The molecule has 4 atom stereocenters. The zero-order valence-electron chi connectivity index (χ0n) is 23.1. The van der Waals surface area contributed by atoms with Gasteiger partial charge in [0.05, 0.1) is 24.9 Å². The second-order valence-corrected chi connectivity index (χ2v) is 11.5. The van der Waals surface area contributed by atoms with Gasteiger partial charge >= 0.3 is 0 Å². The van der Waals surface area contributed by atoms with Crippen LogP contribution in [0, 0.1) is 6.92 Å². The molecular weight excluding hydrogens is 516 g/mol. The topological polar surface area (TPSA) is 85.8 Å². The highest BCUT2D eigenvalue weighted by molar-refractivity contribution is 6.30. The Hall–Kier alpha value is -2.10. The Kier molecular flexibility index (Phi) is 9.85. The predicted molar refractivity (Wildman–Crippen MR) is 150 cm³/mol. The number of benzene rings is 1. The maximum atomic E-state index is 13.4. The Labute approximate surface area is 236 Å². The molecule has 8 nitrogen and oxygen atoms in total. The summed E-state index contributed by atoms with van der Waals surface area (Å²) in [6.45, 7) is 4.82. The van der Waals surface area contributed by atoms with Gasteiger partial charge in [-0.3, -0.25) is 4.79 Å². The first-order valence-corrected chi connectivity index (χ1v) is 14.8. The van der Waals surface area contributed by atoms with E-state index in [1.165, 1.54) is 11.9 Å². The molecular formula is C30H41ClN4O4. The van der Waals surface area contributed by atoms with E-state index in [1.54, 1.807) is 7.11 Å². The van der Waals surface area contributed by atoms with Crippen molar-refractivity contribution in [3.05, 3.63) is 58.1 Å². The summed E-state index contributed by atoms with van der Waals surface area (Å²) in [4.78, 5) is 24.3. The number of amides is 1. The average Bonchev–Trinajstić information content (AvgIpc) is 2.97. The van der Waals surface area contributed by atoms with Crippen LogP contribution in [0.3, 0.4) is 0 Å². The zero-order valence-corrected chi connectivity index (χ0v) is 23.9. The van der Waals surface area contributed by atoms with Crippen LogP contribution in [0.4, 0.5) is 0 Å². The number of nitrogens with zero attached hydrogens (tertiary/aromatic N) is 3. The van der Waals surface area contributed by atoms with Crippen molar-refractivity contribution >= 4 is 17.5 Å². The minimum Gasteiger partial charge on any atom is -0.379 e. The monoisotopic (exact) mass is 556 g/mol. The number of piperidine rings is 1. The largest absolute Gasteiger partial charge is 0.379 e. The van der Waals surface area contributed by atoms with Gasteiger partial charge in [-0.05, 0) is 76.0 Å². The van der Waals surface area contributed by atoms with Crippen molar-refractivity contribution in [2.45, 2.75) is 88.7 Å². The Morgan fingerprint density at radius 3 is 2.69 bits per heavy atom. The lowest BCUT2D eigenvalue weighted by molar-refractivity contribution is -0.0547. The van der Waals surface area contributed by atoms with Gasteiger partial charge in [0.25, 0.3) is 5.91 Å². The second kappa shape index (κ2) is 13.5. The summed E-state index contributed by atoms with van der Waals surface area (Å²) in [5.41, 5.74) is 3.53. The van der Waals surface area contributed by atoms with E-state index in [2.05, 4.69) is 27.4 Å². The fourth-order valence-corrected chi connectivity index (χ4v) is 6.25. The third-order valence-corrected chi connectivity index (χ3v) is 8.78. The van der Waals surface area contributed by atoms with Gasteiger partial charge in [-0.1, -0.05) is 23.7 Å². The number of halogens is 1. The van der Waals surface area contributed by atoms with Crippen molar-refractivity contribution in [3.8, 4) is 0 Å². The Morgan fingerprint density at radius 2 is 1.92 bits per heavy atom. The first-order chi connectivity index (χ1) is 19.0. The summed E-state index contributed by atoms with van der Waals surface area (Å²) in [6, 6.07) is 8.65. The summed E-state index contributed by atoms with van der Waals surface area (Å²) in [5.74, 6) is 0.00662. The number of nitrogens with one attached hydrogen (secondary N) is 1. The molecule has 4 heterocycles. The molecule has 1 aromatic carbocycles. The lowest BCUT2D eigenvalue weighted by Crippen LogP contribution is -2.54. The van der Waals surface area contributed by atoms with Crippen LogP contribution in [0.15, 0.2) is 30.6 Å². The smallest absolute Gasteiger partial charge is 0.272 e. The lowest BCUT2D eigenvalue weighted by atomic mass is 9.95. The maximum absolute atomic E-state index is 13.4. The summed E-state index contributed by atoms with van der Waals surface area (Å²) >= 11 is 6.06. The number of likely N-dealkylation sites (tertiary alicyclic amines) is 1. The molecule has 0 unspecified atom stereocenters. The van der Waals surface area contributed by atoms with E-state index in [9.17, 15) is 4.79 Å². The van der Waals surface area contributed by atoms with Crippen molar-refractivity contribution in [3.63, 3.8) is 0 Å². The van der Waals surface area contributed by atoms with Gasteiger partial charge in [-0.2, -0.15) is 0 Å². The maximum Gasteiger partial charge on any atom is 0.272 e.